The van der Waals surface area contributed by atoms with Crippen molar-refractivity contribution in [1.82, 2.24) is 10.2 Å². The fourth-order valence-corrected chi connectivity index (χ4v) is 5.47. The molecule has 1 heterocycles. The van der Waals surface area contributed by atoms with Crippen molar-refractivity contribution >= 4 is 63.5 Å². The highest BCUT2D eigenvalue weighted by Crippen LogP contribution is 2.35. The second-order valence-corrected chi connectivity index (χ2v) is 8.02. The first-order chi connectivity index (χ1) is 9.35. The van der Waals surface area contributed by atoms with Crippen molar-refractivity contribution in [3.63, 3.8) is 0 Å². The lowest BCUT2D eigenvalue weighted by Gasteiger charge is -2.12. The number of anilines is 1. The van der Waals surface area contributed by atoms with Gasteiger partial charge in [-0.3, -0.25) is 9.82 Å². The van der Waals surface area contributed by atoms with E-state index < -0.39 is 10.0 Å². The molecule has 0 bridgehead atoms. The van der Waals surface area contributed by atoms with E-state index in [0.29, 0.717) is 20.2 Å². The standard InChI is InChI=1S/C10H9Br3N4O2S/c11-6-1-7(12)9(8(13)2-6)17-20(18,19)10-5(3-14)4-15-16-10/h1-2,4,17H,3,14H2,(H,15,16). The second kappa shape index (κ2) is 6.14. The van der Waals surface area contributed by atoms with Crippen molar-refractivity contribution in [2.75, 3.05) is 4.72 Å². The molecule has 2 rings (SSSR count). The third-order valence-corrected chi connectivity index (χ3v) is 5.48. The van der Waals surface area contributed by atoms with Gasteiger partial charge in [0, 0.05) is 25.5 Å². The lowest BCUT2D eigenvalue weighted by Crippen LogP contribution is -2.16. The number of halogens is 3. The van der Waals surface area contributed by atoms with Crippen molar-refractivity contribution in [2.45, 2.75) is 11.6 Å². The van der Waals surface area contributed by atoms with Gasteiger partial charge in [-0.2, -0.15) is 13.5 Å². The summed E-state index contributed by atoms with van der Waals surface area (Å²) in [7, 11) is -3.79. The summed E-state index contributed by atoms with van der Waals surface area (Å²) in [6.45, 7) is 0.0788. The molecule has 0 amide bonds. The maximum absolute atomic E-state index is 12.3. The van der Waals surface area contributed by atoms with E-state index in [-0.39, 0.29) is 11.6 Å². The van der Waals surface area contributed by atoms with Gasteiger partial charge in [0.1, 0.15) is 0 Å². The van der Waals surface area contributed by atoms with E-state index in [4.69, 9.17) is 5.73 Å². The Kier molecular flexibility index (Phi) is 4.90. The molecule has 108 valence electrons. The van der Waals surface area contributed by atoms with Gasteiger partial charge in [0.2, 0.25) is 0 Å². The quantitative estimate of drug-likeness (QED) is 0.616. The molecule has 1 aromatic heterocycles. The van der Waals surface area contributed by atoms with Gasteiger partial charge in [-0.05, 0) is 44.0 Å². The minimum atomic E-state index is -3.79. The minimum absolute atomic E-state index is 0.0401. The highest BCUT2D eigenvalue weighted by molar-refractivity contribution is 9.11. The Hall–Kier alpha value is -0.420. The molecule has 0 aliphatic heterocycles. The molecular formula is C10H9Br3N4O2S. The van der Waals surface area contributed by atoms with Gasteiger partial charge in [-0.25, -0.2) is 0 Å². The maximum Gasteiger partial charge on any atom is 0.279 e. The van der Waals surface area contributed by atoms with E-state index in [0.717, 1.165) is 4.47 Å². The summed E-state index contributed by atoms with van der Waals surface area (Å²) >= 11 is 9.94. The molecule has 1 aromatic carbocycles. The molecule has 0 fully saturated rings. The molecule has 0 radical (unpaired) electrons. The predicted octanol–water partition coefficient (Wildman–Crippen LogP) is 2.96. The molecule has 0 aliphatic rings. The number of rotatable bonds is 4. The molecule has 0 aliphatic carbocycles. The molecule has 6 nitrogen and oxygen atoms in total. The smallest absolute Gasteiger partial charge is 0.279 e. The summed E-state index contributed by atoms with van der Waals surface area (Å²) in [6.07, 6.45) is 1.39. The van der Waals surface area contributed by atoms with Crippen LogP contribution in [0.1, 0.15) is 5.56 Å². The number of aromatic nitrogens is 2. The van der Waals surface area contributed by atoms with Crippen molar-refractivity contribution in [3.05, 3.63) is 37.3 Å². The van der Waals surface area contributed by atoms with Crippen molar-refractivity contribution < 1.29 is 8.42 Å². The SMILES string of the molecule is NCc1cn[nH]c1S(=O)(=O)Nc1c(Br)cc(Br)cc1Br. The van der Waals surface area contributed by atoms with E-state index in [1.807, 2.05) is 0 Å². The monoisotopic (exact) mass is 486 g/mol. The van der Waals surface area contributed by atoms with E-state index in [2.05, 4.69) is 62.7 Å². The summed E-state index contributed by atoms with van der Waals surface area (Å²) in [5, 5.41) is 6.11. The van der Waals surface area contributed by atoms with E-state index in [1.54, 1.807) is 12.1 Å². The number of sulfonamides is 1. The van der Waals surface area contributed by atoms with E-state index >= 15 is 0 Å². The molecule has 4 N–H and O–H groups in total. The Balaban J connectivity index is 2.44. The second-order valence-electron chi connectivity index (χ2n) is 3.78. The third kappa shape index (κ3) is 3.25. The van der Waals surface area contributed by atoms with Crippen LogP contribution >= 0.6 is 47.8 Å². The first-order valence-electron chi connectivity index (χ1n) is 5.25. The molecule has 0 saturated carbocycles. The lowest BCUT2D eigenvalue weighted by atomic mass is 10.3. The van der Waals surface area contributed by atoms with Crippen LogP contribution in [0.15, 0.2) is 36.8 Å². The first kappa shape index (κ1) is 16.0. The van der Waals surface area contributed by atoms with Crippen LogP contribution in [-0.4, -0.2) is 18.6 Å². The normalized spacial score (nSPS) is 11.6. The zero-order valence-electron chi connectivity index (χ0n) is 9.82. The number of nitrogens with zero attached hydrogens (tertiary/aromatic N) is 1. The Labute approximate surface area is 141 Å². The molecule has 0 saturated heterocycles. The van der Waals surface area contributed by atoms with Crippen LogP contribution in [0.4, 0.5) is 5.69 Å². The van der Waals surface area contributed by atoms with Gasteiger partial charge >= 0.3 is 0 Å². The molecule has 20 heavy (non-hydrogen) atoms. The van der Waals surface area contributed by atoms with Crippen LogP contribution < -0.4 is 10.5 Å². The Bertz CT molecular complexity index is 722. The van der Waals surface area contributed by atoms with Crippen molar-refractivity contribution in [2.24, 2.45) is 5.73 Å². The zero-order chi connectivity index (χ0) is 14.9. The Morgan fingerprint density at radius 2 is 1.85 bits per heavy atom. The van der Waals surface area contributed by atoms with Crippen LogP contribution in [0.5, 0.6) is 0 Å². The van der Waals surface area contributed by atoms with E-state index in [9.17, 15) is 8.42 Å². The lowest BCUT2D eigenvalue weighted by molar-refractivity contribution is 0.595. The van der Waals surface area contributed by atoms with Crippen molar-refractivity contribution in [1.29, 1.82) is 0 Å². The Morgan fingerprint density at radius 3 is 2.40 bits per heavy atom. The average molecular weight is 489 g/mol. The number of benzene rings is 1. The van der Waals surface area contributed by atoms with Crippen LogP contribution in [0.25, 0.3) is 0 Å². The number of H-pyrrole nitrogens is 1. The Morgan fingerprint density at radius 1 is 1.25 bits per heavy atom. The largest absolute Gasteiger partial charge is 0.326 e. The fraction of sp³-hybridized carbons (Fsp3) is 0.100. The number of hydrogen-bond donors (Lipinski definition) is 3. The first-order valence-corrected chi connectivity index (χ1v) is 9.11. The van der Waals surface area contributed by atoms with Gasteiger partial charge in [0.15, 0.2) is 5.03 Å². The van der Waals surface area contributed by atoms with Crippen LogP contribution in [0.3, 0.4) is 0 Å². The third-order valence-electron chi connectivity index (χ3n) is 2.41. The van der Waals surface area contributed by atoms with Crippen molar-refractivity contribution in [3.8, 4) is 0 Å². The van der Waals surface area contributed by atoms with Crippen LogP contribution in [0.2, 0.25) is 0 Å². The molecule has 0 atom stereocenters. The van der Waals surface area contributed by atoms with Crippen LogP contribution in [-0.2, 0) is 16.6 Å². The molecule has 10 heteroatoms. The molecule has 2 aromatic rings. The topological polar surface area (TPSA) is 101 Å². The maximum atomic E-state index is 12.3. The summed E-state index contributed by atoms with van der Waals surface area (Å²) in [6, 6.07) is 3.47. The van der Waals surface area contributed by atoms with Gasteiger partial charge in [0.25, 0.3) is 10.0 Å². The van der Waals surface area contributed by atoms with Gasteiger partial charge in [0.05, 0.1) is 11.9 Å². The zero-order valence-corrected chi connectivity index (χ0v) is 15.4. The predicted molar refractivity (Wildman–Crippen MR) is 86.8 cm³/mol. The van der Waals surface area contributed by atoms with Gasteiger partial charge in [-0.1, -0.05) is 15.9 Å². The number of aromatic amines is 1. The highest BCUT2D eigenvalue weighted by Gasteiger charge is 2.22. The van der Waals surface area contributed by atoms with Crippen LogP contribution in [0, 0.1) is 0 Å². The van der Waals surface area contributed by atoms with E-state index in [1.165, 1.54) is 6.20 Å². The number of nitrogens with one attached hydrogen (secondary N) is 2. The number of nitrogens with two attached hydrogens (primary N) is 1. The summed E-state index contributed by atoms with van der Waals surface area (Å²) in [5.74, 6) is 0. The average Bonchev–Trinajstić information content (AvgIpc) is 2.83. The van der Waals surface area contributed by atoms with Gasteiger partial charge < -0.3 is 5.73 Å². The fourth-order valence-electron chi connectivity index (χ4n) is 1.50. The summed E-state index contributed by atoms with van der Waals surface area (Å²) in [5.41, 5.74) is 6.30. The molecule has 0 spiro atoms. The molecular weight excluding hydrogens is 480 g/mol. The highest BCUT2D eigenvalue weighted by atomic mass is 79.9. The summed E-state index contributed by atoms with van der Waals surface area (Å²) in [4.78, 5) is 0. The minimum Gasteiger partial charge on any atom is -0.326 e. The van der Waals surface area contributed by atoms with Gasteiger partial charge in [-0.15, -0.1) is 0 Å². The molecule has 0 unspecified atom stereocenters. The summed E-state index contributed by atoms with van der Waals surface area (Å²) < 4.78 is 29.2. The number of hydrogen-bond acceptors (Lipinski definition) is 4.